The van der Waals surface area contributed by atoms with Gasteiger partial charge in [-0.3, -0.25) is 4.79 Å². The highest BCUT2D eigenvalue weighted by Crippen LogP contribution is 2.55. The van der Waals surface area contributed by atoms with Gasteiger partial charge in [0.15, 0.2) is 0 Å². The van der Waals surface area contributed by atoms with Crippen LogP contribution in [0.2, 0.25) is 0 Å². The van der Waals surface area contributed by atoms with Gasteiger partial charge in [0, 0.05) is 5.41 Å². The highest BCUT2D eigenvalue weighted by Gasteiger charge is 2.51. The molecule has 0 aromatic rings. The SMILES string of the molecule is COC(=O)[C@H](C)NC(=O)[C@]1(C)CCC[C@H]2[C@H]1CC=C1C=C(C(C)C)CC[C@@H]12. The molecule has 3 aliphatic carbocycles. The van der Waals surface area contributed by atoms with Gasteiger partial charge in [-0.15, -0.1) is 0 Å². The standard InChI is InChI=1S/C23H35NO3/c1-14(2)16-8-10-18-17(13-16)9-11-20-19(18)7-6-12-23(20,4)22(26)24-15(3)21(25)27-5/h9,13-15,18-20H,6-8,10-12H2,1-5H3,(H,24,26)/t15-,18-,19+,20+,23+/m0/s1. The Bertz CT molecular complexity index is 663. The van der Waals surface area contributed by atoms with Gasteiger partial charge in [-0.1, -0.05) is 44.9 Å². The summed E-state index contributed by atoms with van der Waals surface area (Å²) in [5.74, 6) is 1.78. The van der Waals surface area contributed by atoms with Crippen molar-refractivity contribution in [2.75, 3.05) is 7.11 Å². The van der Waals surface area contributed by atoms with Gasteiger partial charge < -0.3 is 10.1 Å². The maximum absolute atomic E-state index is 13.2. The van der Waals surface area contributed by atoms with Gasteiger partial charge in [-0.05, 0) is 68.3 Å². The lowest BCUT2D eigenvalue weighted by atomic mass is 9.53. The van der Waals surface area contributed by atoms with E-state index < -0.39 is 11.5 Å². The van der Waals surface area contributed by atoms with Crippen molar-refractivity contribution in [2.45, 2.75) is 72.3 Å². The van der Waals surface area contributed by atoms with Crippen molar-refractivity contribution >= 4 is 11.9 Å². The second kappa shape index (κ2) is 7.81. The maximum Gasteiger partial charge on any atom is 0.328 e. The number of hydrogen-bond donors (Lipinski definition) is 1. The topological polar surface area (TPSA) is 55.4 Å². The number of hydrogen-bond acceptors (Lipinski definition) is 3. The molecule has 4 nitrogen and oxygen atoms in total. The van der Waals surface area contributed by atoms with Crippen molar-refractivity contribution in [1.82, 2.24) is 5.32 Å². The molecule has 3 aliphatic rings. The van der Waals surface area contributed by atoms with Gasteiger partial charge in [0.05, 0.1) is 7.11 Å². The van der Waals surface area contributed by atoms with E-state index in [4.69, 9.17) is 4.74 Å². The average molecular weight is 374 g/mol. The Morgan fingerprint density at radius 3 is 2.67 bits per heavy atom. The van der Waals surface area contributed by atoms with E-state index in [1.54, 1.807) is 12.5 Å². The van der Waals surface area contributed by atoms with Crippen molar-refractivity contribution in [2.24, 2.45) is 29.1 Å². The first-order valence-electron chi connectivity index (χ1n) is 10.6. The summed E-state index contributed by atoms with van der Waals surface area (Å²) in [4.78, 5) is 24.9. The van der Waals surface area contributed by atoms with Crippen molar-refractivity contribution in [3.8, 4) is 0 Å². The molecule has 0 bridgehead atoms. The third-order valence-corrected chi connectivity index (χ3v) is 7.38. The Morgan fingerprint density at radius 2 is 2.00 bits per heavy atom. The minimum atomic E-state index is -0.597. The van der Waals surface area contributed by atoms with E-state index in [-0.39, 0.29) is 11.9 Å². The molecule has 0 spiro atoms. The third-order valence-electron chi connectivity index (χ3n) is 7.38. The number of esters is 1. The van der Waals surface area contributed by atoms with E-state index in [1.807, 2.05) is 0 Å². The van der Waals surface area contributed by atoms with Crippen molar-refractivity contribution in [3.05, 3.63) is 23.3 Å². The quantitative estimate of drug-likeness (QED) is 0.743. The molecule has 5 atom stereocenters. The first kappa shape index (κ1) is 20.2. The molecular weight excluding hydrogens is 338 g/mol. The van der Waals surface area contributed by atoms with Gasteiger partial charge in [0.1, 0.15) is 6.04 Å². The van der Waals surface area contributed by atoms with Crippen molar-refractivity contribution < 1.29 is 14.3 Å². The minimum absolute atomic E-state index is 0.0150. The summed E-state index contributed by atoms with van der Waals surface area (Å²) in [6.45, 7) is 8.37. The largest absolute Gasteiger partial charge is 0.467 e. The van der Waals surface area contributed by atoms with Crippen LogP contribution in [0.1, 0.15) is 66.2 Å². The minimum Gasteiger partial charge on any atom is -0.467 e. The molecule has 0 aliphatic heterocycles. The van der Waals surface area contributed by atoms with Crippen LogP contribution in [0.25, 0.3) is 0 Å². The van der Waals surface area contributed by atoms with Crippen LogP contribution < -0.4 is 5.32 Å². The van der Waals surface area contributed by atoms with Gasteiger partial charge >= 0.3 is 5.97 Å². The first-order valence-corrected chi connectivity index (χ1v) is 10.6. The molecule has 150 valence electrons. The summed E-state index contributed by atoms with van der Waals surface area (Å²) in [5, 5.41) is 2.92. The predicted molar refractivity (Wildman–Crippen MR) is 107 cm³/mol. The monoisotopic (exact) mass is 373 g/mol. The van der Waals surface area contributed by atoms with Gasteiger partial charge in [0.2, 0.25) is 5.91 Å². The smallest absolute Gasteiger partial charge is 0.328 e. The molecule has 0 aromatic carbocycles. The number of amides is 1. The molecule has 1 saturated carbocycles. The number of carbonyl (C=O) groups is 2. The van der Waals surface area contributed by atoms with E-state index in [9.17, 15) is 9.59 Å². The Hall–Kier alpha value is -1.58. The predicted octanol–water partition coefficient (Wildman–Crippen LogP) is 4.41. The van der Waals surface area contributed by atoms with Crippen molar-refractivity contribution in [1.29, 1.82) is 0 Å². The van der Waals surface area contributed by atoms with Crippen LogP contribution in [0.4, 0.5) is 0 Å². The molecule has 0 saturated heterocycles. The molecule has 0 unspecified atom stereocenters. The Kier molecular flexibility index (Phi) is 5.83. The fourth-order valence-corrected chi connectivity index (χ4v) is 5.63. The van der Waals surface area contributed by atoms with Gasteiger partial charge in [-0.2, -0.15) is 0 Å². The van der Waals surface area contributed by atoms with Crippen LogP contribution in [0.15, 0.2) is 23.3 Å². The lowest BCUT2D eigenvalue weighted by molar-refractivity contribution is -0.148. The molecule has 0 heterocycles. The highest BCUT2D eigenvalue weighted by molar-refractivity contribution is 5.88. The van der Waals surface area contributed by atoms with Crippen LogP contribution in [-0.2, 0) is 14.3 Å². The molecular formula is C23H35NO3. The number of rotatable bonds is 4. The van der Waals surface area contributed by atoms with Gasteiger partial charge in [0.25, 0.3) is 0 Å². The fourth-order valence-electron chi connectivity index (χ4n) is 5.63. The van der Waals surface area contributed by atoms with Crippen LogP contribution >= 0.6 is 0 Å². The second-order valence-electron chi connectivity index (χ2n) is 9.26. The number of allylic oxidation sites excluding steroid dienone is 4. The summed E-state index contributed by atoms with van der Waals surface area (Å²) in [6.07, 6.45) is 11.4. The Labute approximate surface area is 163 Å². The van der Waals surface area contributed by atoms with E-state index in [0.717, 1.165) is 19.3 Å². The number of methoxy groups -OCH3 is 1. The van der Waals surface area contributed by atoms with Crippen LogP contribution in [0, 0.1) is 29.1 Å². The van der Waals surface area contributed by atoms with Gasteiger partial charge in [-0.25, -0.2) is 4.79 Å². The zero-order valence-corrected chi connectivity index (χ0v) is 17.5. The third kappa shape index (κ3) is 3.72. The fraction of sp³-hybridized carbons (Fsp3) is 0.739. The van der Waals surface area contributed by atoms with E-state index in [2.05, 4.69) is 38.2 Å². The zero-order chi connectivity index (χ0) is 19.8. The average Bonchev–Trinajstić information content (AvgIpc) is 2.66. The normalized spacial score (nSPS) is 33.9. The molecule has 1 N–H and O–H groups in total. The molecule has 0 aromatic heterocycles. The van der Waals surface area contributed by atoms with Crippen LogP contribution in [0.3, 0.4) is 0 Å². The number of carbonyl (C=O) groups excluding carboxylic acids is 2. The van der Waals surface area contributed by atoms with Crippen LogP contribution in [0.5, 0.6) is 0 Å². The van der Waals surface area contributed by atoms with Crippen molar-refractivity contribution in [3.63, 3.8) is 0 Å². The molecule has 1 amide bonds. The summed E-state index contributed by atoms with van der Waals surface area (Å²) in [6, 6.07) is -0.597. The molecule has 3 rings (SSSR count). The lowest BCUT2D eigenvalue weighted by Gasteiger charge is -2.51. The molecule has 27 heavy (non-hydrogen) atoms. The first-order chi connectivity index (χ1) is 12.8. The number of fused-ring (bicyclic) bond motifs is 3. The zero-order valence-electron chi connectivity index (χ0n) is 17.5. The molecule has 0 radical (unpaired) electrons. The summed E-state index contributed by atoms with van der Waals surface area (Å²) in [5.41, 5.74) is 2.67. The Morgan fingerprint density at radius 1 is 1.26 bits per heavy atom. The summed E-state index contributed by atoms with van der Waals surface area (Å²) >= 11 is 0. The Balaban J connectivity index is 1.81. The maximum atomic E-state index is 13.2. The lowest BCUT2D eigenvalue weighted by Crippen LogP contribution is -2.53. The second-order valence-corrected chi connectivity index (χ2v) is 9.26. The summed E-state index contributed by atoms with van der Waals surface area (Å²) < 4.78 is 4.77. The molecule has 1 fully saturated rings. The van der Waals surface area contributed by atoms with Crippen LogP contribution in [-0.4, -0.2) is 25.0 Å². The summed E-state index contributed by atoms with van der Waals surface area (Å²) in [7, 11) is 1.36. The number of nitrogens with one attached hydrogen (secondary N) is 1. The highest BCUT2D eigenvalue weighted by atomic mass is 16.5. The van der Waals surface area contributed by atoms with E-state index >= 15 is 0 Å². The molecule has 4 heteroatoms. The number of ether oxygens (including phenoxy) is 1. The van der Waals surface area contributed by atoms with E-state index in [1.165, 1.54) is 31.9 Å². The van der Waals surface area contributed by atoms with E-state index in [0.29, 0.717) is 23.7 Å².